The third-order valence-electron chi connectivity index (χ3n) is 1.56. The van der Waals surface area contributed by atoms with Crippen LogP contribution in [0.5, 0.6) is 0 Å². The van der Waals surface area contributed by atoms with E-state index in [4.69, 9.17) is 0 Å². The summed E-state index contributed by atoms with van der Waals surface area (Å²) >= 11 is 0. The monoisotopic (exact) mass is 108 g/mol. The SMILES string of the molecule is CC=C=C(C)C1CC1. The first kappa shape index (κ1) is 5.65. The van der Waals surface area contributed by atoms with E-state index in [1.54, 1.807) is 0 Å². The molecule has 0 heteroatoms. The number of allylic oxidation sites excluding steroid dienone is 1. The molecular formula is C8H12. The number of rotatable bonds is 1. The summed E-state index contributed by atoms with van der Waals surface area (Å²) in [6.07, 6.45) is 4.78. The average Bonchev–Trinajstić information content (AvgIpc) is 2.45. The fourth-order valence-electron chi connectivity index (χ4n) is 0.862. The van der Waals surface area contributed by atoms with Gasteiger partial charge in [0.1, 0.15) is 0 Å². The zero-order chi connectivity index (χ0) is 5.98. The van der Waals surface area contributed by atoms with Crippen molar-refractivity contribution in [3.63, 3.8) is 0 Å². The van der Waals surface area contributed by atoms with Crippen LogP contribution in [0.2, 0.25) is 0 Å². The fourth-order valence-corrected chi connectivity index (χ4v) is 0.862. The predicted octanol–water partition coefficient (Wildman–Crippen LogP) is 2.52. The lowest BCUT2D eigenvalue weighted by molar-refractivity contribution is 1.01. The molecule has 0 aliphatic heterocycles. The van der Waals surface area contributed by atoms with Gasteiger partial charge in [0.2, 0.25) is 0 Å². The summed E-state index contributed by atoms with van der Waals surface area (Å²) in [4.78, 5) is 0. The topological polar surface area (TPSA) is 0 Å². The Bertz CT molecular complexity index is 132. The van der Waals surface area contributed by atoms with Crippen molar-refractivity contribution in [1.82, 2.24) is 0 Å². The molecule has 0 N–H and O–H groups in total. The third-order valence-corrected chi connectivity index (χ3v) is 1.56. The lowest BCUT2D eigenvalue weighted by Crippen LogP contribution is -1.71. The lowest BCUT2D eigenvalue weighted by Gasteiger charge is -1.85. The van der Waals surface area contributed by atoms with Gasteiger partial charge in [-0.1, -0.05) is 0 Å². The van der Waals surface area contributed by atoms with E-state index in [0.29, 0.717) is 0 Å². The zero-order valence-electron chi connectivity index (χ0n) is 5.57. The molecule has 0 heterocycles. The molecule has 0 nitrogen and oxygen atoms in total. The van der Waals surface area contributed by atoms with Gasteiger partial charge in [0.25, 0.3) is 0 Å². The first-order chi connectivity index (χ1) is 3.84. The van der Waals surface area contributed by atoms with E-state index in [-0.39, 0.29) is 0 Å². The second-order valence-electron chi connectivity index (χ2n) is 2.39. The van der Waals surface area contributed by atoms with E-state index >= 15 is 0 Å². The minimum absolute atomic E-state index is 0.895. The highest BCUT2D eigenvalue weighted by Gasteiger charge is 2.22. The molecule has 0 atom stereocenters. The molecule has 1 aliphatic carbocycles. The molecule has 0 unspecified atom stereocenters. The maximum absolute atomic E-state index is 3.20. The summed E-state index contributed by atoms with van der Waals surface area (Å²) in [6.45, 7) is 4.18. The van der Waals surface area contributed by atoms with Crippen molar-refractivity contribution < 1.29 is 0 Å². The van der Waals surface area contributed by atoms with Gasteiger partial charge in [-0.05, 0) is 44.3 Å². The maximum atomic E-state index is 3.20. The zero-order valence-corrected chi connectivity index (χ0v) is 5.57. The van der Waals surface area contributed by atoms with Gasteiger partial charge in [0.05, 0.1) is 0 Å². The Balaban J connectivity index is 2.55. The van der Waals surface area contributed by atoms with Crippen molar-refractivity contribution in [3.8, 4) is 0 Å². The molecular weight excluding hydrogens is 96.1 g/mol. The molecule has 0 saturated heterocycles. The van der Waals surface area contributed by atoms with Gasteiger partial charge >= 0.3 is 0 Å². The van der Waals surface area contributed by atoms with E-state index in [9.17, 15) is 0 Å². The summed E-state index contributed by atoms with van der Waals surface area (Å²) in [6, 6.07) is 0. The second-order valence-corrected chi connectivity index (χ2v) is 2.39. The molecule has 0 aromatic rings. The number of hydrogen-bond donors (Lipinski definition) is 0. The summed E-state index contributed by atoms with van der Waals surface area (Å²) in [5.74, 6) is 0.895. The van der Waals surface area contributed by atoms with E-state index in [1.807, 2.05) is 13.0 Å². The largest absolute Gasteiger partial charge is 0.126 e. The third kappa shape index (κ3) is 1.24. The van der Waals surface area contributed by atoms with Crippen molar-refractivity contribution in [1.29, 1.82) is 0 Å². The van der Waals surface area contributed by atoms with Gasteiger partial charge in [-0.25, -0.2) is 0 Å². The van der Waals surface area contributed by atoms with Crippen LogP contribution in [0.3, 0.4) is 0 Å². The van der Waals surface area contributed by atoms with Gasteiger partial charge in [0, 0.05) is 0 Å². The van der Waals surface area contributed by atoms with Crippen molar-refractivity contribution in [2.75, 3.05) is 0 Å². The molecule has 0 aromatic heterocycles. The van der Waals surface area contributed by atoms with Gasteiger partial charge in [-0.3, -0.25) is 0 Å². The van der Waals surface area contributed by atoms with Gasteiger partial charge in [0.15, 0.2) is 0 Å². The molecule has 0 spiro atoms. The fraction of sp³-hybridized carbons (Fsp3) is 0.625. The smallest absolute Gasteiger partial charge is 0.0130 e. The molecule has 8 heavy (non-hydrogen) atoms. The molecule has 1 fully saturated rings. The highest BCUT2D eigenvalue weighted by molar-refractivity contribution is 5.08. The molecule has 0 bridgehead atoms. The molecule has 0 radical (unpaired) electrons. The highest BCUT2D eigenvalue weighted by atomic mass is 14.3. The molecule has 0 amide bonds. The Kier molecular flexibility index (Phi) is 1.55. The van der Waals surface area contributed by atoms with Gasteiger partial charge in [-0.2, -0.15) is 0 Å². The van der Waals surface area contributed by atoms with Crippen molar-refractivity contribution in [3.05, 3.63) is 17.4 Å². The van der Waals surface area contributed by atoms with E-state index in [2.05, 4.69) is 12.7 Å². The molecule has 1 aliphatic rings. The first-order valence-corrected chi connectivity index (χ1v) is 3.22. The van der Waals surface area contributed by atoms with Crippen LogP contribution in [0.4, 0.5) is 0 Å². The lowest BCUT2D eigenvalue weighted by atomic mass is 10.2. The van der Waals surface area contributed by atoms with Crippen LogP contribution >= 0.6 is 0 Å². The molecule has 0 aromatic carbocycles. The van der Waals surface area contributed by atoms with Gasteiger partial charge in [-0.15, -0.1) is 5.73 Å². The van der Waals surface area contributed by atoms with Crippen LogP contribution in [0.25, 0.3) is 0 Å². The van der Waals surface area contributed by atoms with Crippen molar-refractivity contribution in [2.24, 2.45) is 5.92 Å². The minimum atomic E-state index is 0.895. The Labute approximate surface area is 50.9 Å². The van der Waals surface area contributed by atoms with Crippen LogP contribution in [-0.4, -0.2) is 0 Å². The summed E-state index contributed by atoms with van der Waals surface area (Å²) < 4.78 is 0. The Hall–Kier alpha value is -0.480. The van der Waals surface area contributed by atoms with Crippen LogP contribution in [0, 0.1) is 5.92 Å². The Morgan fingerprint density at radius 2 is 2.25 bits per heavy atom. The summed E-state index contributed by atoms with van der Waals surface area (Å²) in [5, 5.41) is 0. The van der Waals surface area contributed by atoms with Crippen LogP contribution < -0.4 is 0 Å². The molecule has 44 valence electrons. The van der Waals surface area contributed by atoms with Crippen molar-refractivity contribution >= 4 is 0 Å². The van der Waals surface area contributed by atoms with E-state index in [0.717, 1.165) is 5.92 Å². The summed E-state index contributed by atoms with van der Waals surface area (Å²) in [7, 11) is 0. The van der Waals surface area contributed by atoms with E-state index in [1.165, 1.54) is 18.4 Å². The molecule has 1 saturated carbocycles. The maximum Gasteiger partial charge on any atom is -0.0130 e. The standard InChI is InChI=1S/C8H12/c1-3-4-7(2)8-5-6-8/h3,8H,5-6H2,1-2H3. The second kappa shape index (κ2) is 2.19. The predicted molar refractivity (Wildman–Crippen MR) is 35.7 cm³/mol. The Morgan fingerprint density at radius 3 is 2.62 bits per heavy atom. The Morgan fingerprint density at radius 1 is 1.62 bits per heavy atom. The normalized spacial score (nSPS) is 17.2. The van der Waals surface area contributed by atoms with Gasteiger partial charge < -0.3 is 0 Å². The average molecular weight is 108 g/mol. The summed E-state index contributed by atoms with van der Waals surface area (Å²) in [5.41, 5.74) is 4.64. The van der Waals surface area contributed by atoms with Crippen LogP contribution in [-0.2, 0) is 0 Å². The van der Waals surface area contributed by atoms with Crippen LogP contribution in [0.1, 0.15) is 26.7 Å². The van der Waals surface area contributed by atoms with Crippen LogP contribution in [0.15, 0.2) is 17.4 Å². The number of hydrogen-bond acceptors (Lipinski definition) is 0. The quantitative estimate of drug-likeness (QED) is 0.453. The minimum Gasteiger partial charge on any atom is -0.126 e. The molecule has 1 rings (SSSR count). The highest BCUT2D eigenvalue weighted by Crippen LogP contribution is 2.35. The van der Waals surface area contributed by atoms with Crippen molar-refractivity contribution in [2.45, 2.75) is 26.7 Å². The first-order valence-electron chi connectivity index (χ1n) is 3.22. The van der Waals surface area contributed by atoms with E-state index < -0.39 is 0 Å².